The first-order valence-corrected chi connectivity index (χ1v) is 13.1. The topological polar surface area (TPSA) is 143 Å². The number of anilines is 3. The van der Waals surface area contributed by atoms with Crippen molar-refractivity contribution >= 4 is 40.0 Å². The fourth-order valence-corrected chi connectivity index (χ4v) is 4.83. The number of fused-ring (bicyclic) bond motifs is 1. The minimum Gasteiger partial charge on any atom is -0.392 e. The predicted molar refractivity (Wildman–Crippen MR) is 155 cm³/mol. The molecule has 0 unspecified atom stereocenters. The lowest BCUT2D eigenvalue weighted by Crippen LogP contribution is -2.43. The van der Waals surface area contributed by atoms with E-state index in [9.17, 15) is 14.7 Å². The number of carbonyl (C=O) groups excluding carboxylic acids is 1. The average Bonchev–Trinajstić information content (AvgIpc) is 3.22. The second kappa shape index (κ2) is 12.5. The predicted octanol–water partition coefficient (Wildman–Crippen LogP) is 2.50. The van der Waals surface area contributed by atoms with Crippen LogP contribution in [0.25, 0.3) is 16.7 Å². The van der Waals surface area contributed by atoms with E-state index in [1.54, 1.807) is 23.8 Å². The fraction of sp³-hybridized carbons (Fsp3) is 0.357. The number of aromatic nitrogens is 4. The van der Waals surface area contributed by atoms with Crippen LogP contribution in [0, 0.1) is 0 Å². The van der Waals surface area contributed by atoms with E-state index in [-0.39, 0.29) is 18.7 Å². The van der Waals surface area contributed by atoms with Gasteiger partial charge in [-0.2, -0.15) is 4.98 Å². The Morgan fingerprint density at radius 3 is 2.72 bits per heavy atom. The van der Waals surface area contributed by atoms with Gasteiger partial charge in [-0.05, 0) is 44.4 Å². The molecule has 0 bridgehead atoms. The van der Waals surface area contributed by atoms with Crippen molar-refractivity contribution < 1.29 is 9.90 Å². The van der Waals surface area contributed by atoms with Gasteiger partial charge in [-0.15, -0.1) is 6.58 Å². The number of aliphatic hydroxyl groups excluding tert-OH is 1. The maximum atomic E-state index is 13.1. The molecule has 1 saturated heterocycles. The third-order valence-electron chi connectivity index (χ3n) is 6.82. The second-order valence-corrected chi connectivity index (χ2v) is 9.38. The van der Waals surface area contributed by atoms with Gasteiger partial charge >= 0.3 is 0 Å². The molecule has 3 aromatic rings. The Kier molecular flexibility index (Phi) is 8.95. The Morgan fingerprint density at radius 1 is 1.28 bits per heavy atom. The fourth-order valence-electron chi connectivity index (χ4n) is 4.83. The van der Waals surface area contributed by atoms with Crippen molar-refractivity contribution in [2.45, 2.75) is 39.3 Å². The summed E-state index contributed by atoms with van der Waals surface area (Å²) in [6.07, 6.45) is 6.51. The van der Waals surface area contributed by atoms with Crippen LogP contribution in [0.1, 0.15) is 31.7 Å². The first-order valence-electron chi connectivity index (χ1n) is 13.1. The third kappa shape index (κ3) is 6.10. The molecule has 1 aliphatic heterocycles. The smallest absolute Gasteiger partial charge is 0.278 e. The molecule has 1 aliphatic rings. The van der Waals surface area contributed by atoms with Crippen LogP contribution < -0.4 is 26.8 Å². The zero-order chi connectivity index (χ0) is 27.9. The number of hydrogen-bond donors (Lipinski definition) is 4. The molecule has 5 N–H and O–H groups in total. The Bertz CT molecular complexity index is 1460. The molecule has 4 rings (SSSR count). The maximum Gasteiger partial charge on any atom is 0.278 e. The highest BCUT2D eigenvalue weighted by molar-refractivity contribution is 5.91. The number of carbonyl (C=O) groups is 1. The van der Waals surface area contributed by atoms with E-state index in [0.29, 0.717) is 47.5 Å². The number of hydrogen-bond acceptors (Lipinski definition) is 8. The van der Waals surface area contributed by atoms with Crippen LogP contribution in [0.5, 0.6) is 0 Å². The van der Waals surface area contributed by atoms with E-state index in [0.717, 1.165) is 43.1 Å². The lowest BCUT2D eigenvalue weighted by atomic mass is 10.1. The molecule has 39 heavy (non-hydrogen) atoms. The molecule has 11 heteroatoms. The molecule has 2 aromatic heterocycles. The SMILES string of the molecule is C=CCn1c(=O)c2cnc(Nc3ccc(N4CCNCC4)c(CO)c3)nc2n1C(=C)CCC/C(=C\C)C(N)=O. The van der Waals surface area contributed by atoms with Crippen molar-refractivity contribution in [3.8, 4) is 0 Å². The molecule has 1 aromatic carbocycles. The number of nitrogens with one attached hydrogen (secondary N) is 2. The van der Waals surface area contributed by atoms with Gasteiger partial charge in [0, 0.05) is 60.6 Å². The molecule has 1 amide bonds. The molecule has 0 radical (unpaired) electrons. The van der Waals surface area contributed by atoms with Gasteiger partial charge in [0.15, 0.2) is 5.65 Å². The largest absolute Gasteiger partial charge is 0.392 e. The number of aliphatic hydroxyl groups is 1. The van der Waals surface area contributed by atoms with Gasteiger partial charge in [-0.3, -0.25) is 9.59 Å². The standard InChI is InChI=1S/C28H36N8O3/c1-4-13-35-27(39)23-17-31-28(33-26(23)36(35)19(3)7-6-8-20(5-2)25(29)38)32-22-9-10-24(21(16-22)18-37)34-14-11-30-12-15-34/h4-5,9-10,16-17,30,37H,1,3,6-8,11-15,18H2,2H3,(H2,29,38)(H,31,32,33)/b20-5+. The summed E-state index contributed by atoms with van der Waals surface area (Å²) in [6.45, 7) is 13.5. The Morgan fingerprint density at radius 2 is 2.05 bits per heavy atom. The van der Waals surface area contributed by atoms with Crippen molar-refractivity contribution in [2.75, 3.05) is 36.4 Å². The summed E-state index contributed by atoms with van der Waals surface area (Å²) in [6, 6.07) is 5.80. The number of amides is 1. The van der Waals surface area contributed by atoms with Crippen molar-refractivity contribution in [2.24, 2.45) is 5.73 Å². The van der Waals surface area contributed by atoms with Gasteiger partial charge in [-0.25, -0.2) is 14.3 Å². The normalized spacial score (nSPS) is 14.0. The monoisotopic (exact) mass is 532 g/mol. The number of allylic oxidation sites excluding steroid dienone is 3. The van der Waals surface area contributed by atoms with Gasteiger partial charge in [0.25, 0.3) is 5.56 Å². The van der Waals surface area contributed by atoms with Crippen LogP contribution in [-0.2, 0) is 17.9 Å². The molecule has 3 heterocycles. The van der Waals surface area contributed by atoms with Crippen LogP contribution in [0.15, 0.2) is 60.1 Å². The van der Waals surface area contributed by atoms with Crippen molar-refractivity contribution in [1.29, 1.82) is 0 Å². The summed E-state index contributed by atoms with van der Waals surface area (Å²) in [5.41, 5.74) is 9.35. The Balaban J connectivity index is 1.62. The molecule has 0 spiro atoms. The molecule has 206 valence electrons. The maximum absolute atomic E-state index is 13.1. The van der Waals surface area contributed by atoms with E-state index >= 15 is 0 Å². The number of benzene rings is 1. The van der Waals surface area contributed by atoms with E-state index in [1.165, 1.54) is 10.9 Å². The molecule has 0 atom stereocenters. The van der Waals surface area contributed by atoms with Crippen LogP contribution in [0.2, 0.25) is 0 Å². The number of rotatable bonds is 12. The summed E-state index contributed by atoms with van der Waals surface area (Å²) >= 11 is 0. The third-order valence-corrected chi connectivity index (χ3v) is 6.82. The Labute approximate surface area is 227 Å². The van der Waals surface area contributed by atoms with Gasteiger partial charge in [0.2, 0.25) is 11.9 Å². The van der Waals surface area contributed by atoms with E-state index in [2.05, 4.69) is 38.7 Å². The van der Waals surface area contributed by atoms with Gasteiger partial charge in [0.05, 0.1) is 13.2 Å². The molecule has 11 nitrogen and oxygen atoms in total. The summed E-state index contributed by atoms with van der Waals surface area (Å²) < 4.78 is 3.22. The van der Waals surface area contributed by atoms with Crippen molar-refractivity contribution in [3.05, 3.63) is 71.2 Å². The quantitative estimate of drug-likeness (QED) is 0.206. The van der Waals surface area contributed by atoms with Gasteiger partial charge < -0.3 is 26.4 Å². The van der Waals surface area contributed by atoms with E-state index in [1.807, 2.05) is 18.2 Å². The van der Waals surface area contributed by atoms with E-state index in [4.69, 9.17) is 5.73 Å². The highest BCUT2D eigenvalue weighted by atomic mass is 16.3. The molecular weight excluding hydrogens is 496 g/mol. The summed E-state index contributed by atoms with van der Waals surface area (Å²) in [5, 5.41) is 16.9. The zero-order valence-corrected chi connectivity index (χ0v) is 22.3. The highest BCUT2D eigenvalue weighted by Gasteiger charge is 2.19. The molecule has 0 aliphatic carbocycles. The minimum atomic E-state index is -0.438. The second-order valence-electron chi connectivity index (χ2n) is 9.38. The summed E-state index contributed by atoms with van der Waals surface area (Å²) in [7, 11) is 0. The van der Waals surface area contributed by atoms with Gasteiger partial charge in [0.1, 0.15) is 5.39 Å². The van der Waals surface area contributed by atoms with Gasteiger partial charge in [-0.1, -0.05) is 18.7 Å². The lowest BCUT2D eigenvalue weighted by Gasteiger charge is -2.31. The van der Waals surface area contributed by atoms with Crippen LogP contribution in [0.3, 0.4) is 0 Å². The minimum absolute atomic E-state index is 0.0941. The van der Waals surface area contributed by atoms with Crippen molar-refractivity contribution in [1.82, 2.24) is 24.6 Å². The van der Waals surface area contributed by atoms with E-state index < -0.39 is 5.91 Å². The average molecular weight is 533 g/mol. The Hall–Kier alpha value is -4.22. The number of primary amides is 1. The zero-order valence-electron chi connectivity index (χ0n) is 22.3. The first kappa shape index (κ1) is 27.8. The molecule has 0 saturated carbocycles. The first-order chi connectivity index (χ1) is 18.9. The molecule has 1 fully saturated rings. The lowest BCUT2D eigenvalue weighted by molar-refractivity contribution is -0.114. The summed E-state index contributed by atoms with van der Waals surface area (Å²) in [5.74, 6) is -0.129. The number of nitrogens with two attached hydrogens (primary N) is 1. The van der Waals surface area contributed by atoms with Crippen LogP contribution >= 0.6 is 0 Å². The molecular formula is C28H36N8O3. The van der Waals surface area contributed by atoms with Crippen LogP contribution in [0.4, 0.5) is 17.3 Å². The number of piperazine rings is 1. The van der Waals surface area contributed by atoms with Crippen LogP contribution in [-0.4, -0.2) is 56.5 Å². The summed E-state index contributed by atoms with van der Waals surface area (Å²) in [4.78, 5) is 36.0. The van der Waals surface area contributed by atoms with Crippen molar-refractivity contribution in [3.63, 3.8) is 0 Å². The number of nitrogens with zero attached hydrogens (tertiary/aromatic N) is 5. The highest BCUT2D eigenvalue weighted by Crippen LogP contribution is 2.27.